The van der Waals surface area contributed by atoms with Gasteiger partial charge in [-0.05, 0) is 305 Å². The highest BCUT2D eigenvalue weighted by molar-refractivity contribution is 5.91. The molecule has 3 aromatic heterocycles. The van der Waals surface area contributed by atoms with Crippen LogP contribution in [0.25, 0.3) is 78.1 Å². The number of hydrogen-bond acceptors (Lipinski definition) is 16. The van der Waals surface area contributed by atoms with Crippen LogP contribution in [-0.4, -0.2) is 288 Å². The normalized spacial score (nSPS) is 19.5. The zero-order valence-corrected chi connectivity index (χ0v) is 83.6. The summed E-state index contributed by atoms with van der Waals surface area (Å²) in [6.07, 6.45) is 21.8. The topological polar surface area (TPSA) is 172 Å². The Morgan fingerprint density at radius 2 is 0.986 bits per heavy atom. The van der Waals surface area contributed by atoms with Crippen molar-refractivity contribution in [3.8, 4) is 39.8 Å². The zero-order chi connectivity index (χ0) is 95.7. The summed E-state index contributed by atoms with van der Waals surface area (Å²) >= 11 is 0. The molecule has 21 rings (SSSR count). The number of carbonyl (C=O) groups excluding carboxylic acids is 1. The van der Waals surface area contributed by atoms with Crippen LogP contribution < -0.4 is 40.9 Å². The predicted octanol–water partition coefficient (Wildman–Crippen LogP) is 19.0. The number of nitrogens with one attached hydrogen (secondary N) is 7. The molecule has 0 bridgehead atoms. The van der Waals surface area contributed by atoms with E-state index in [1.165, 1.54) is 217 Å². The van der Waals surface area contributed by atoms with Crippen LogP contribution in [0.2, 0.25) is 0 Å². The maximum absolute atomic E-state index is 13.7. The van der Waals surface area contributed by atoms with Gasteiger partial charge in [0.1, 0.15) is 5.82 Å². The predicted molar refractivity (Wildman–Crippen MR) is 570 cm³/mol. The van der Waals surface area contributed by atoms with Crippen molar-refractivity contribution in [2.24, 2.45) is 5.92 Å². The first kappa shape index (κ1) is 98.8. The van der Waals surface area contributed by atoms with Crippen LogP contribution in [-0.2, 0) is 11.2 Å². The fourth-order valence-electron chi connectivity index (χ4n) is 23.2. The molecule has 8 aromatic carbocycles. The van der Waals surface area contributed by atoms with E-state index in [2.05, 4.69) is 260 Å². The number of H-pyrrole nitrogens is 3. The third kappa shape index (κ3) is 25.6. The number of aromatic nitrogens is 3. The molecule has 7 N–H and O–H groups in total. The van der Waals surface area contributed by atoms with E-state index in [9.17, 15) is 18.0 Å². The van der Waals surface area contributed by atoms with Crippen LogP contribution in [0.5, 0.6) is 0 Å². The molecule has 738 valence electrons. The molecule has 1 amide bonds. The van der Waals surface area contributed by atoms with E-state index in [1.54, 1.807) is 6.07 Å². The number of aryl methyl sites for hydroxylation is 1. The minimum atomic E-state index is -0.829. The average molecular weight is 1890 g/mol. The monoisotopic (exact) mass is 1880 g/mol. The molecular weight excluding hydrogens is 1730 g/mol. The fraction of sp³-hybridized carbons (Fsp3) is 0.500. The van der Waals surface area contributed by atoms with Gasteiger partial charge in [0.05, 0.1) is 11.6 Å². The number of allylic oxidation sites excluding steroid dienone is 1. The smallest absolute Gasteiger partial charge is 0.223 e. The summed E-state index contributed by atoms with van der Waals surface area (Å²) in [6, 6.07) is 66.4. The zero-order valence-electron chi connectivity index (χ0n) is 83.6. The van der Waals surface area contributed by atoms with Crippen molar-refractivity contribution < 1.29 is 18.0 Å². The second-order valence-electron chi connectivity index (χ2n) is 41.9. The van der Waals surface area contributed by atoms with Gasteiger partial charge in [-0.15, -0.1) is 0 Å². The quantitative estimate of drug-likeness (QED) is 0.0273. The van der Waals surface area contributed by atoms with Crippen LogP contribution in [0.3, 0.4) is 0 Å². The van der Waals surface area contributed by atoms with Gasteiger partial charge < -0.3 is 70.5 Å². The maximum atomic E-state index is 13.7. The number of anilines is 4. The Bertz CT molecular complexity index is 5860. The highest BCUT2D eigenvalue weighted by Gasteiger charge is 2.44. The highest BCUT2D eigenvalue weighted by atomic mass is 19.2. The van der Waals surface area contributed by atoms with Crippen molar-refractivity contribution in [3.63, 3.8) is 0 Å². The van der Waals surface area contributed by atoms with Crippen molar-refractivity contribution in [2.75, 3.05) is 216 Å². The maximum Gasteiger partial charge on any atom is 0.223 e. The number of carbonyl (C=O) groups is 1. The Balaban J connectivity index is 0.000000123. The summed E-state index contributed by atoms with van der Waals surface area (Å²) in [7, 11) is 2.11. The Hall–Kier alpha value is -10.3. The third-order valence-electron chi connectivity index (χ3n) is 32.3. The first-order valence-corrected chi connectivity index (χ1v) is 52.8. The number of benzene rings is 8. The lowest BCUT2D eigenvalue weighted by Gasteiger charge is -2.54. The summed E-state index contributed by atoms with van der Waals surface area (Å²) in [5.74, 6) is -0.699. The minimum Gasteiger partial charge on any atom is -0.371 e. The molecule has 8 saturated heterocycles. The number of fused-ring (bicyclic) bond motifs is 4. The molecule has 11 aromatic rings. The van der Waals surface area contributed by atoms with E-state index >= 15 is 0 Å². The molecule has 1 saturated carbocycles. The Labute approximate surface area is 824 Å². The second kappa shape index (κ2) is 47.0. The average Bonchev–Trinajstić information content (AvgIpc) is 1.78. The summed E-state index contributed by atoms with van der Waals surface area (Å²) in [6.45, 7) is 43.4. The summed E-state index contributed by atoms with van der Waals surface area (Å²) in [4.78, 5) is 50.3. The summed E-state index contributed by atoms with van der Waals surface area (Å²) in [5, 5.41) is 26.6. The van der Waals surface area contributed by atoms with Gasteiger partial charge in [0, 0.05) is 303 Å². The highest BCUT2D eigenvalue weighted by Crippen LogP contribution is 2.45. The van der Waals surface area contributed by atoms with Crippen LogP contribution >= 0.6 is 0 Å². The molecule has 20 nitrogen and oxygen atoms in total. The molecule has 0 spiro atoms. The summed E-state index contributed by atoms with van der Waals surface area (Å²) in [5.41, 5.74) is 22.3. The number of aromatic amines is 3. The van der Waals surface area contributed by atoms with Gasteiger partial charge in [0.15, 0.2) is 11.6 Å². The lowest BCUT2D eigenvalue weighted by molar-refractivity contribution is -0.132. The van der Waals surface area contributed by atoms with E-state index in [0.717, 1.165) is 199 Å². The molecule has 11 heterocycles. The number of halogens is 3. The van der Waals surface area contributed by atoms with Gasteiger partial charge in [0.25, 0.3) is 0 Å². The van der Waals surface area contributed by atoms with Crippen molar-refractivity contribution in [1.29, 1.82) is 5.26 Å². The van der Waals surface area contributed by atoms with Gasteiger partial charge in [-0.3, -0.25) is 24.4 Å². The van der Waals surface area contributed by atoms with Crippen LogP contribution in [0.4, 0.5) is 35.9 Å². The molecule has 2 aliphatic carbocycles. The van der Waals surface area contributed by atoms with Crippen molar-refractivity contribution in [3.05, 3.63) is 227 Å². The number of piperazine rings is 3. The lowest BCUT2D eigenvalue weighted by atomic mass is 9.70. The molecule has 9 fully saturated rings. The number of hydrogen-bond donors (Lipinski definition) is 7. The molecule has 10 aliphatic rings. The minimum absolute atomic E-state index is 0.187. The van der Waals surface area contributed by atoms with E-state index < -0.39 is 11.6 Å². The van der Waals surface area contributed by atoms with E-state index in [1.807, 2.05) is 41.3 Å². The van der Waals surface area contributed by atoms with Crippen LogP contribution in [0, 0.1) is 41.6 Å². The van der Waals surface area contributed by atoms with Crippen molar-refractivity contribution in [2.45, 2.75) is 173 Å². The number of nitrogens with zero attached hydrogens (tertiary/aromatic N) is 12. The first-order valence-electron chi connectivity index (χ1n) is 52.8. The standard InChI is InChI=1S/C33H45FN4.C28H37F2N5.C28H34N6O.C27H36N4/c1-24(2)36-17-19-38(20-18-36)33(12-4-13-33)14-9-26-10-15-37(16-11-26)29-7-5-25(3)30(23-29)32-22-27-21-28(34)6-8-31(27)35-32;1-20(2)34-14-12-33(13-15-34)11-8-31-23-6-9-35(10-7-23)24-5-3-4-21(16-24)27-18-22-17-25(29)26(30)19-28(22)32-27;1-32-13-15-34(16-14-32)28(35)7-10-30-24-8-11-33(12-9-24)25-4-2-3-22(18-25)27-19-23-17-21(20-29)5-6-26(23)31-27;1-2-6-23-20-25(19-22(23)5-1)24-7-3-8-27(21-24)31-15-9-26(10-16-31)29-13-18-30-14-4-11-28-12-17-30/h5-8,21-24,26,35H,4,9-20H2,1-3H3;3-5,16-20,23,31-32H,6-15H2,1-2H3;2-6,17-19,24,30-31H,7-16H2,1H3;1-3,5-8,19,21,26,28-29H,4,9-18,20H2. The molecule has 139 heavy (non-hydrogen) atoms. The number of likely N-dealkylation sites (N-methyl/N-ethyl adjacent to an activating group) is 1. The second-order valence-corrected chi connectivity index (χ2v) is 41.9. The van der Waals surface area contributed by atoms with E-state index in [-0.39, 0.29) is 11.7 Å². The molecule has 8 aliphatic heterocycles. The van der Waals surface area contributed by atoms with Gasteiger partial charge in [0.2, 0.25) is 5.91 Å². The number of nitriles is 1. The molecule has 0 atom stereocenters. The van der Waals surface area contributed by atoms with Crippen molar-refractivity contribution in [1.82, 2.24) is 70.5 Å². The lowest BCUT2D eigenvalue weighted by Crippen LogP contribution is -2.61. The van der Waals surface area contributed by atoms with Gasteiger partial charge >= 0.3 is 0 Å². The SMILES string of the molecule is C1=C(c2cccc(N3CCC(NCCN4CCCNCC4)CC3)c2)Cc2ccccc21.CC(C)N1CCN(CCNC2CCN(c3cccc(-c4cc5cc(F)c(F)cc5[nH]4)c3)CC2)CC1.CN1CCN(C(=O)CCNC2CCN(c3cccc(-c4cc5cc(C#N)ccc5[nH]4)c3)CC2)CC1.Cc1ccc(N2CCC(CCC3(N4CCN(C(C)C)CC4)CCC3)CC2)cc1-c1cc2cc(F)ccc2[nH]1. The fourth-order valence-corrected chi connectivity index (χ4v) is 23.2. The van der Waals surface area contributed by atoms with Gasteiger partial charge in [-0.1, -0.05) is 72.8 Å². The Morgan fingerprint density at radius 3 is 1.58 bits per heavy atom. The van der Waals surface area contributed by atoms with Gasteiger partial charge in [-0.25, -0.2) is 13.2 Å². The van der Waals surface area contributed by atoms with E-state index in [4.69, 9.17) is 5.26 Å². The van der Waals surface area contributed by atoms with Crippen molar-refractivity contribution >= 4 is 73.0 Å². The Kier molecular flexibility index (Phi) is 33.5. The number of piperidine rings is 4. The number of amides is 1. The van der Waals surface area contributed by atoms with E-state index in [0.29, 0.717) is 58.6 Å². The third-order valence-corrected chi connectivity index (χ3v) is 32.3. The molecular formula is C116H152F3N19O. The first-order chi connectivity index (χ1) is 67.8. The Morgan fingerprint density at radius 1 is 0.468 bits per heavy atom. The van der Waals surface area contributed by atoms with Gasteiger partial charge in [-0.2, -0.15) is 5.26 Å². The summed E-state index contributed by atoms with van der Waals surface area (Å²) < 4.78 is 40.9. The number of rotatable bonds is 26. The molecule has 23 heteroatoms. The van der Waals surface area contributed by atoms with Crippen LogP contribution in [0.1, 0.15) is 152 Å². The molecule has 0 radical (unpaired) electrons. The van der Waals surface area contributed by atoms with Crippen LogP contribution in [0.15, 0.2) is 182 Å². The molecule has 0 unspecified atom stereocenters. The largest absolute Gasteiger partial charge is 0.371 e.